The molecule has 1 aromatic carbocycles. The minimum absolute atomic E-state index is 0.273. The number of hydrogen-bond acceptors (Lipinski definition) is 3. The van der Waals surface area contributed by atoms with E-state index < -0.39 is 11.6 Å². The fourth-order valence-electron chi connectivity index (χ4n) is 1.83. The molecule has 0 aliphatic rings. The molecule has 0 bridgehead atoms. The average molecular weight is 250 g/mol. The fraction of sp³-hybridized carbons (Fsp3) is 0.533. The summed E-state index contributed by atoms with van der Waals surface area (Å²) < 4.78 is 5.00. The number of benzene rings is 1. The number of carbonyl (C=O) groups excluding carboxylic acids is 1. The summed E-state index contributed by atoms with van der Waals surface area (Å²) in [6.45, 7) is 6.15. The minimum Gasteiger partial charge on any atom is -0.464 e. The van der Waals surface area contributed by atoms with Crippen LogP contribution in [0.1, 0.15) is 39.2 Å². The van der Waals surface area contributed by atoms with Crippen LogP contribution in [0.25, 0.3) is 0 Å². The summed E-state index contributed by atoms with van der Waals surface area (Å²) in [6.07, 6.45) is 1.15. The third-order valence-corrected chi connectivity index (χ3v) is 2.95. The third-order valence-electron chi connectivity index (χ3n) is 2.95. The Morgan fingerprint density at radius 3 is 2.44 bits per heavy atom. The molecule has 0 fully saturated rings. The molecule has 0 radical (unpaired) electrons. The van der Waals surface area contributed by atoms with Crippen molar-refractivity contribution in [3.63, 3.8) is 0 Å². The molecule has 0 heterocycles. The Bertz CT molecular complexity index is 373. The van der Waals surface area contributed by atoms with Crippen molar-refractivity contribution in [2.45, 2.75) is 39.2 Å². The normalized spacial score (nSPS) is 14.3. The van der Waals surface area contributed by atoms with Crippen LogP contribution in [0.4, 0.5) is 0 Å². The van der Waals surface area contributed by atoms with Crippen LogP contribution in [0.15, 0.2) is 30.3 Å². The minimum atomic E-state index is -1.53. The molecule has 1 atom stereocenters. The molecule has 3 nitrogen and oxygen atoms in total. The highest BCUT2D eigenvalue weighted by Gasteiger charge is 2.39. The van der Waals surface area contributed by atoms with Gasteiger partial charge in [-0.25, -0.2) is 4.79 Å². The van der Waals surface area contributed by atoms with Crippen LogP contribution >= 0.6 is 0 Å². The van der Waals surface area contributed by atoms with Crippen LogP contribution in [-0.4, -0.2) is 17.7 Å². The van der Waals surface area contributed by atoms with Gasteiger partial charge in [0, 0.05) is 0 Å². The molecule has 1 N–H and O–H groups in total. The summed E-state index contributed by atoms with van der Waals surface area (Å²) in [4.78, 5) is 12.0. The zero-order valence-electron chi connectivity index (χ0n) is 11.3. The Morgan fingerprint density at radius 2 is 1.94 bits per heavy atom. The van der Waals surface area contributed by atoms with Crippen LogP contribution in [0, 0.1) is 5.92 Å². The molecule has 1 rings (SSSR count). The van der Waals surface area contributed by atoms with Gasteiger partial charge in [0.2, 0.25) is 0 Å². The molecule has 1 aromatic rings. The van der Waals surface area contributed by atoms with Gasteiger partial charge in [0.15, 0.2) is 5.60 Å². The quantitative estimate of drug-likeness (QED) is 0.790. The summed E-state index contributed by atoms with van der Waals surface area (Å²) in [5, 5.41) is 10.7. The Morgan fingerprint density at radius 1 is 1.33 bits per heavy atom. The Kier molecular flexibility index (Phi) is 5.35. The maximum Gasteiger partial charge on any atom is 0.342 e. The second-order valence-corrected chi connectivity index (χ2v) is 4.88. The molecule has 0 aromatic heterocycles. The van der Waals surface area contributed by atoms with E-state index in [9.17, 15) is 9.90 Å². The average Bonchev–Trinajstić information content (AvgIpc) is 2.37. The van der Waals surface area contributed by atoms with Crippen molar-refractivity contribution in [1.82, 2.24) is 0 Å². The number of aliphatic hydroxyl groups is 1. The van der Waals surface area contributed by atoms with E-state index in [1.807, 2.05) is 18.2 Å². The standard InChI is InChI=1S/C15H22O3/c1-4-18-14(16)15(17,11-10-12(2)3)13-8-6-5-7-9-13/h5-9,12,17H,4,10-11H2,1-3H3/t15-/m0/s1. The van der Waals surface area contributed by atoms with Crippen LogP contribution in [0.3, 0.4) is 0 Å². The molecule has 18 heavy (non-hydrogen) atoms. The van der Waals surface area contributed by atoms with Crippen molar-refractivity contribution in [1.29, 1.82) is 0 Å². The smallest absolute Gasteiger partial charge is 0.342 e. The van der Waals surface area contributed by atoms with Gasteiger partial charge in [-0.3, -0.25) is 0 Å². The lowest BCUT2D eigenvalue weighted by Crippen LogP contribution is -2.37. The number of hydrogen-bond donors (Lipinski definition) is 1. The molecule has 0 aliphatic heterocycles. The topological polar surface area (TPSA) is 46.5 Å². The third kappa shape index (κ3) is 3.57. The molecule has 0 unspecified atom stereocenters. The Labute approximate surface area is 109 Å². The van der Waals surface area contributed by atoms with Gasteiger partial charge in [-0.15, -0.1) is 0 Å². The molecule has 100 valence electrons. The van der Waals surface area contributed by atoms with E-state index in [0.29, 0.717) is 17.9 Å². The van der Waals surface area contributed by atoms with E-state index in [0.717, 1.165) is 6.42 Å². The van der Waals surface area contributed by atoms with Gasteiger partial charge in [0.25, 0.3) is 0 Å². The van der Waals surface area contributed by atoms with Gasteiger partial charge in [0.05, 0.1) is 6.61 Å². The van der Waals surface area contributed by atoms with E-state index in [-0.39, 0.29) is 6.61 Å². The fourth-order valence-corrected chi connectivity index (χ4v) is 1.83. The summed E-state index contributed by atoms with van der Waals surface area (Å²) in [5.74, 6) is -0.133. The summed E-state index contributed by atoms with van der Waals surface area (Å²) in [6, 6.07) is 9.01. The van der Waals surface area contributed by atoms with E-state index in [1.54, 1.807) is 19.1 Å². The molecule has 0 amide bonds. The largest absolute Gasteiger partial charge is 0.464 e. The number of rotatable bonds is 6. The summed E-state index contributed by atoms with van der Waals surface area (Å²) in [7, 11) is 0. The van der Waals surface area contributed by atoms with Gasteiger partial charge < -0.3 is 9.84 Å². The molecule has 0 saturated carbocycles. The Hall–Kier alpha value is -1.35. The number of ether oxygens (including phenoxy) is 1. The van der Waals surface area contributed by atoms with E-state index in [2.05, 4.69) is 13.8 Å². The van der Waals surface area contributed by atoms with Gasteiger partial charge in [-0.05, 0) is 31.2 Å². The van der Waals surface area contributed by atoms with Crippen LogP contribution < -0.4 is 0 Å². The number of carbonyl (C=O) groups is 1. The molecule has 0 saturated heterocycles. The first-order valence-electron chi connectivity index (χ1n) is 6.45. The zero-order chi connectivity index (χ0) is 13.6. The van der Waals surface area contributed by atoms with E-state index >= 15 is 0 Å². The predicted octanol–water partition coefficient (Wildman–Crippen LogP) is 2.87. The monoisotopic (exact) mass is 250 g/mol. The summed E-state index contributed by atoms with van der Waals surface area (Å²) >= 11 is 0. The van der Waals surface area contributed by atoms with Gasteiger partial charge in [0.1, 0.15) is 0 Å². The van der Waals surface area contributed by atoms with Crippen molar-refractivity contribution in [3.8, 4) is 0 Å². The van der Waals surface area contributed by atoms with E-state index in [4.69, 9.17) is 4.74 Å². The second-order valence-electron chi connectivity index (χ2n) is 4.88. The highest BCUT2D eigenvalue weighted by atomic mass is 16.5. The molecule has 0 aliphatic carbocycles. The van der Waals surface area contributed by atoms with Gasteiger partial charge in [-0.1, -0.05) is 44.2 Å². The predicted molar refractivity (Wildman–Crippen MR) is 71.0 cm³/mol. The van der Waals surface area contributed by atoms with Crippen molar-refractivity contribution in [2.24, 2.45) is 5.92 Å². The van der Waals surface area contributed by atoms with Crippen molar-refractivity contribution in [3.05, 3.63) is 35.9 Å². The molecule has 3 heteroatoms. The van der Waals surface area contributed by atoms with Gasteiger partial charge >= 0.3 is 5.97 Å². The van der Waals surface area contributed by atoms with Gasteiger partial charge in [-0.2, -0.15) is 0 Å². The van der Waals surface area contributed by atoms with Crippen LogP contribution in [0.2, 0.25) is 0 Å². The second kappa shape index (κ2) is 6.55. The van der Waals surface area contributed by atoms with Crippen molar-refractivity contribution in [2.75, 3.05) is 6.61 Å². The zero-order valence-corrected chi connectivity index (χ0v) is 11.3. The highest BCUT2D eigenvalue weighted by molar-refractivity contribution is 5.81. The lowest BCUT2D eigenvalue weighted by atomic mass is 9.87. The molecule has 0 spiro atoms. The summed E-state index contributed by atoms with van der Waals surface area (Å²) in [5.41, 5.74) is -0.925. The first-order chi connectivity index (χ1) is 8.50. The molecular formula is C15H22O3. The first kappa shape index (κ1) is 14.7. The maximum atomic E-state index is 12.0. The van der Waals surface area contributed by atoms with Crippen LogP contribution in [-0.2, 0) is 15.1 Å². The first-order valence-corrected chi connectivity index (χ1v) is 6.45. The van der Waals surface area contributed by atoms with Crippen LogP contribution in [0.5, 0.6) is 0 Å². The molecular weight excluding hydrogens is 228 g/mol. The van der Waals surface area contributed by atoms with Crippen molar-refractivity contribution >= 4 is 5.97 Å². The van der Waals surface area contributed by atoms with Crippen molar-refractivity contribution < 1.29 is 14.6 Å². The lowest BCUT2D eigenvalue weighted by Gasteiger charge is -2.27. The highest BCUT2D eigenvalue weighted by Crippen LogP contribution is 2.29. The number of esters is 1. The van der Waals surface area contributed by atoms with E-state index in [1.165, 1.54) is 0 Å². The lowest BCUT2D eigenvalue weighted by molar-refractivity contribution is -0.167. The Balaban J connectivity index is 2.97. The SMILES string of the molecule is CCOC(=O)[C@](O)(CCC(C)C)c1ccccc1. The maximum absolute atomic E-state index is 12.0.